The predicted octanol–water partition coefficient (Wildman–Crippen LogP) is 0.285. The van der Waals surface area contributed by atoms with Crippen LogP contribution in [-0.4, -0.2) is 31.1 Å². The van der Waals surface area contributed by atoms with Crippen LogP contribution in [0.4, 0.5) is 0 Å². The van der Waals surface area contributed by atoms with E-state index < -0.39 is 0 Å². The molecule has 1 heterocycles. The lowest BCUT2D eigenvalue weighted by Gasteiger charge is -2.28. The van der Waals surface area contributed by atoms with Gasteiger partial charge in [0, 0.05) is 19.1 Å². The number of rotatable bonds is 0. The van der Waals surface area contributed by atoms with Crippen LogP contribution in [0.3, 0.4) is 0 Å². The molecule has 2 aliphatic rings. The van der Waals surface area contributed by atoms with E-state index in [0.717, 1.165) is 11.8 Å². The van der Waals surface area contributed by atoms with E-state index in [2.05, 4.69) is 11.9 Å². The van der Waals surface area contributed by atoms with Gasteiger partial charge >= 0.3 is 0 Å². The zero-order valence-electron chi connectivity index (χ0n) is 6.59. The smallest absolute Gasteiger partial charge is 0.00825 e. The van der Waals surface area contributed by atoms with Gasteiger partial charge in [0.2, 0.25) is 0 Å². The summed E-state index contributed by atoms with van der Waals surface area (Å²) in [5.41, 5.74) is 5.96. The molecule has 2 fully saturated rings. The molecule has 3 unspecified atom stereocenters. The van der Waals surface area contributed by atoms with E-state index in [0.29, 0.717) is 6.04 Å². The van der Waals surface area contributed by atoms with Crippen LogP contribution >= 0.6 is 0 Å². The third kappa shape index (κ3) is 0.956. The van der Waals surface area contributed by atoms with Gasteiger partial charge in [-0.1, -0.05) is 0 Å². The van der Waals surface area contributed by atoms with E-state index in [9.17, 15) is 0 Å². The molecule has 0 spiro atoms. The van der Waals surface area contributed by atoms with Crippen LogP contribution in [0.25, 0.3) is 0 Å². The van der Waals surface area contributed by atoms with E-state index in [4.69, 9.17) is 5.73 Å². The van der Waals surface area contributed by atoms with Crippen LogP contribution in [0.15, 0.2) is 0 Å². The van der Waals surface area contributed by atoms with Crippen molar-refractivity contribution in [3.05, 3.63) is 0 Å². The Morgan fingerprint density at radius 2 is 2.10 bits per heavy atom. The van der Waals surface area contributed by atoms with Crippen molar-refractivity contribution in [2.24, 2.45) is 17.6 Å². The summed E-state index contributed by atoms with van der Waals surface area (Å²) in [4.78, 5) is 2.42. The van der Waals surface area contributed by atoms with Crippen molar-refractivity contribution in [1.29, 1.82) is 0 Å². The number of nitrogens with zero attached hydrogens (tertiary/aromatic N) is 1. The fourth-order valence-electron chi connectivity index (χ4n) is 2.55. The molecule has 58 valence electrons. The molecular formula is C8H16N2. The summed E-state index contributed by atoms with van der Waals surface area (Å²) in [6.45, 7) is 2.52. The molecule has 0 radical (unpaired) electrons. The molecule has 3 atom stereocenters. The van der Waals surface area contributed by atoms with Crippen LogP contribution in [0.1, 0.15) is 12.8 Å². The first-order valence-corrected chi connectivity index (χ1v) is 4.20. The zero-order chi connectivity index (χ0) is 7.14. The van der Waals surface area contributed by atoms with Gasteiger partial charge < -0.3 is 10.6 Å². The van der Waals surface area contributed by atoms with Gasteiger partial charge in [-0.3, -0.25) is 0 Å². The topological polar surface area (TPSA) is 29.3 Å². The van der Waals surface area contributed by atoms with Gasteiger partial charge in [0.25, 0.3) is 0 Å². The Balaban J connectivity index is 2.06. The van der Waals surface area contributed by atoms with E-state index >= 15 is 0 Å². The monoisotopic (exact) mass is 140 g/mol. The normalized spacial score (nSPS) is 48.0. The number of hydrogen-bond donors (Lipinski definition) is 1. The van der Waals surface area contributed by atoms with E-state index in [1.54, 1.807) is 0 Å². The second-order valence-electron chi connectivity index (χ2n) is 3.98. The molecular weight excluding hydrogens is 124 g/mol. The van der Waals surface area contributed by atoms with Crippen LogP contribution < -0.4 is 5.73 Å². The van der Waals surface area contributed by atoms with Crippen molar-refractivity contribution < 1.29 is 0 Å². The molecule has 1 aliphatic heterocycles. The highest BCUT2D eigenvalue weighted by molar-refractivity contribution is 4.92. The fraction of sp³-hybridized carbons (Fsp3) is 1.00. The molecule has 2 heteroatoms. The Morgan fingerprint density at radius 3 is 2.80 bits per heavy atom. The minimum atomic E-state index is 0.509. The molecule has 2 bridgehead atoms. The second kappa shape index (κ2) is 2.21. The van der Waals surface area contributed by atoms with E-state index in [1.807, 2.05) is 0 Å². The Morgan fingerprint density at radius 1 is 1.30 bits per heavy atom. The van der Waals surface area contributed by atoms with Crippen molar-refractivity contribution >= 4 is 0 Å². The maximum Gasteiger partial charge on any atom is 0.00825 e. The molecule has 0 aromatic rings. The molecule has 10 heavy (non-hydrogen) atoms. The number of hydrogen-bond acceptors (Lipinski definition) is 2. The predicted molar refractivity (Wildman–Crippen MR) is 41.7 cm³/mol. The van der Waals surface area contributed by atoms with Gasteiger partial charge in [-0.25, -0.2) is 0 Å². The maximum absolute atomic E-state index is 5.96. The number of fused-ring (bicyclic) bond motifs is 2. The van der Waals surface area contributed by atoms with Crippen molar-refractivity contribution in [1.82, 2.24) is 4.90 Å². The van der Waals surface area contributed by atoms with Crippen LogP contribution in [-0.2, 0) is 0 Å². The van der Waals surface area contributed by atoms with Crippen molar-refractivity contribution in [3.8, 4) is 0 Å². The first-order valence-electron chi connectivity index (χ1n) is 4.20. The standard InChI is InChI=1S/C8H16N2/c1-10-4-6-2-7(5-10)8(9)3-6/h6-8H,2-5,9H2,1H3. The highest BCUT2D eigenvalue weighted by Gasteiger charge is 2.36. The molecule has 2 nitrogen and oxygen atoms in total. The van der Waals surface area contributed by atoms with Gasteiger partial charge in [-0.05, 0) is 31.7 Å². The van der Waals surface area contributed by atoms with Gasteiger partial charge in [0.15, 0.2) is 0 Å². The Bertz CT molecular complexity index is 130. The number of piperidine rings is 1. The molecule has 0 amide bonds. The van der Waals surface area contributed by atoms with Gasteiger partial charge in [-0.15, -0.1) is 0 Å². The molecule has 2 rings (SSSR count). The minimum absolute atomic E-state index is 0.509. The van der Waals surface area contributed by atoms with Crippen molar-refractivity contribution in [2.45, 2.75) is 18.9 Å². The summed E-state index contributed by atoms with van der Waals surface area (Å²) in [5, 5.41) is 0. The molecule has 1 saturated heterocycles. The first-order chi connectivity index (χ1) is 4.75. The lowest BCUT2D eigenvalue weighted by Crippen LogP contribution is -2.36. The third-order valence-corrected chi connectivity index (χ3v) is 2.96. The number of nitrogens with two attached hydrogens (primary N) is 1. The molecule has 2 N–H and O–H groups in total. The first kappa shape index (κ1) is 6.62. The molecule has 1 aliphatic carbocycles. The van der Waals surface area contributed by atoms with Crippen molar-refractivity contribution in [3.63, 3.8) is 0 Å². The van der Waals surface area contributed by atoms with Crippen LogP contribution in [0.2, 0.25) is 0 Å². The Hall–Kier alpha value is -0.0800. The summed E-state index contributed by atoms with van der Waals surface area (Å²) < 4.78 is 0. The Kier molecular flexibility index (Phi) is 1.46. The molecule has 1 saturated carbocycles. The second-order valence-corrected chi connectivity index (χ2v) is 3.98. The SMILES string of the molecule is CN1CC2CC(N)C(C2)C1. The van der Waals surface area contributed by atoms with Crippen LogP contribution in [0, 0.1) is 11.8 Å². The highest BCUT2D eigenvalue weighted by Crippen LogP contribution is 2.34. The van der Waals surface area contributed by atoms with E-state index in [-0.39, 0.29) is 0 Å². The quantitative estimate of drug-likeness (QED) is 0.524. The Labute approximate surface area is 62.4 Å². The summed E-state index contributed by atoms with van der Waals surface area (Å²) in [7, 11) is 2.21. The summed E-state index contributed by atoms with van der Waals surface area (Å²) in [6.07, 6.45) is 2.67. The summed E-state index contributed by atoms with van der Waals surface area (Å²) in [5.74, 6) is 1.72. The largest absolute Gasteiger partial charge is 0.327 e. The van der Waals surface area contributed by atoms with Gasteiger partial charge in [-0.2, -0.15) is 0 Å². The van der Waals surface area contributed by atoms with E-state index in [1.165, 1.54) is 25.9 Å². The average molecular weight is 140 g/mol. The summed E-state index contributed by atoms with van der Waals surface area (Å²) >= 11 is 0. The van der Waals surface area contributed by atoms with Gasteiger partial charge in [0.1, 0.15) is 0 Å². The average Bonchev–Trinajstić information content (AvgIpc) is 2.07. The van der Waals surface area contributed by atoms with Gasteiger partial charge in [0.05, 0.1) is 0 Å². The molecule has 0 aromatic heterocycles. The zero-order valence-corrected chi connectivity index (χ0v) is 6.59. The minimum Gasteiger partial charge on any atom is -0.327 e. The third-order valence-electron chi connectivity index (χ3n) is 2.96. The molecule has 0 aromatic carbocycles. The lowest BCUT2D eigenvalue weighted by molar-refractivity contribution is 0.200. The number of likely N-dealkylation sites (tertiary alicyclic amines) is 1. The fourth-order valence-corrected chi connectivity index (χ4v) is 2.55. The summed E-state index contributed by atoms with van der Waals surface area (Å²) in [6, 6.07) is 0.509. The lowest BCUT2D eigenvalue weighted by atomic mass is 9.99. The van der Waals surface area contributed by atoms with Crippen LogP contribution in [0.5, 0.6) is 0 Å². The highest BCUT2D eigenvalue weighted by atomic mass is 15.1. The maximum atomic E-state index is 5.96. The van der Waals surface area contributed by atoms with Crippen molar-refractivity contribution in [2.75, 3.05) is 20.1 Å².